The number of nitrogens with one attached hydrogen (secondary N) is 1. The van der Waals surface area contributed by atoms with Gasteiger partial charge in [0.05, 0.1) is 23.9 Å². The van der Waals surface area contributed by atoms with Crippen LogP contribution in [0.1, 0.15) is 36.0 Å². The van der Waals surface area contributed by atoms with Gasteiger partial charge in [0.15, 0.2) is 5.16 Å². The number of ether oxygens (including phenoxy) is 1. The van der Waals surface area contributed by atoms with Crippen molar-refractivity contribution >= 4 is 50.9 Å². The molecule has 1 aliphatic rings. The minimum absolute atomic E-state index is 0.0445. The number of aryl methyl sites for hydroxylation is 2. The predicted octanol–water partition coefficient (Wildman–Crippen LogP) is 4.17. The number of fused-ring (bicyclic) bond motifs is 3. The van der Waals surface area contributed by atoms with Crippen LogP contribution >= 0.6 is 23.1 Å². The van der Waals surface area contributed by atoms with Gasteiger partial charge in [-0.2, -0.15) is 15.0 Å². The molecular formula is C23H25N7O2S2. The summed E-state index contributed by atoms with van der Waals surface area (Å²) >= 11 is 3.09. The smallest absolute Gasteiger partial charge is 0.263 e. The number of thiophene rings is 1. The predicted molar refractivity (Wildman–Crippen MR) is 136 cm³/mol. The molecule has 9 nitrogen and oxygen atoms in total. The third-order valence-electron chi connectivity index (χ3n) is 5.74. The van der Waals surface area contributed by atoms with Gasteiger partial charge >= 0.3 is 0 Å². The number of nitrogen functional groups attached to an aromatic ring is 1. The van der Waals surface area contributed by atoms with E-state index in [0.717, 1.165) is 35.2 Å². The summed E-state index contributed by atoms with van der Waals surface area (Å²) < 4.78 is 7.12. The summed E-state index contributed by atoms with van der Waals surface area (Å²) in [7, 11) is 1.60. The van der Waals surface area contributed by atoms with Crippen LogP contribution in [0.2, 0.25) is 0 Å². The van der Waals surface area contributed by atoms with E-state index in [1.54, 1.807) is 23.0 Å². The fourth-order valence-electron chi connectivity index (χ4n) is 4.16. The van der Waals surface area contributed by atoms with Crippen LogP contribution in [0.3, 0.4) is 0 Å². The Balaban J connectivity index is 1.43. The largest absolute Gasteiger partial charge is 0.495 e. The van der Waals surface area contributed by atoms with E-state index in [4.69, 9.17) is 15.5 Å². The van der Waals surface area contributed by atoms with E-state index in [9.17, 15) is 4.79 Å². The van der Waals surface area contributed by atoms with Crippen molar-refractivity contribution < 1.29 is 4.74 Å². The number of hydrogen-bond donors (Lipinski definition) is 2. The van der Waals surface area contributed by atoms with Gasteiger partial charge in [0.1, 0.15) is 16.4 Å². The first-order chi connectivity index (χ1) is 16.6. The van der Waals surface area contributed by atoms with Crippen LogP contribution in [-0.2, 0) is 25.1 Å². The lowest BCUT2D eigenvalue weighted by Gasteiger charge is -2.12. The van der Waals surface area contributed by atoms with E-state index in [0.29, 0.717) is 35.0 Å². The molecule has 1 aliphatic carbocycles. The van der Waals surface area contributed by atoms with Crippen molar-refractivity contribution in [2.45, 2.75) is 50.1 Å². The first-order valence-electron chi connectivity index (χ1n) is 11.2. The number of nitrogens with zero attached hydrogens (tertiary/aromatic N) is 5. The average molecular weight is 496 g/mol. The van der Waals surface area contributed by atoms with Crippen LogP contribution in [0, 0.1) is 0 Å². The molecule has 0 saturated heterocycles. The number of para-hydroxylation sites is 2. The van der Waals surface area contributed by atoms with Crippen molar-refractivity contribution in [1.82, 2.24) is 24.5 Å². The molecular weight excluding hydrogens is 470 g/mol. The van der Waals surface area contributed by atoms with Crippen LogP contribution in [0.15, 0.2) is 34.2 Å². The molecule has 0 unspecified atom stereocenters. The fourth-order valence-corrected chi connectivity index (χ4v) is 6.39. The number of benzene rings is 1. The summed E-state index contributed by atoms with van der Waals surface area (Å²) in [5.74, 6) is 2.01. The molecule has 3 N–H and O–H groups in total. The van der Waals surface area contributed by atoms with Gasteiger partial charge in [0.25, 0.3) is 5.56 Å². The maximum atomic E-state index is 13.3. The summed E-state index contributed by atoms with van der Waals surface area (Å²) in [5, 5.41) is 4.61. The molecule has 0 amide bonds. The molecule has 0 spiro atoms. The van der Waals surface area contributed by atoms with Crippen LogP contribution in [0.5, 0.6) is 5.75 Å². The minimum atomic E-state index is 0.0445. The highest BCUT2D eigenvalue weighted by molar-refractivity contribution is 7.98. The Hall–Kier alpha value is -3.18. The molecule has 34 heavy (non-hydrogen) atoms. The van der Waals surface area contributed by atoms with Crippen molar-refractivity contribution in [2.24, 2.45) is 0 Å². The Morgan fingerprint density at radius 1 is 1.18 bits per heavy atom. The molecule has 5 rings (SSSR count). The van der Waals surface area contributed by atoms with Gasteiger partial charge in [-0.25, -0.2) is 4.98 Å². The van der Waals surface area contributed by atoms with E-state index in [1.165, 1.54) is 28.6 Å². The van der Waals surface area contributed by atoms with Gasteiger partial charge in [0.2, 0.25) is 11.9 Å². The average Bonchev–Trinajstić information content (AvgIpc) is 3.21. The standard InChI is InChI=1S/C23H25N7O2S2/c1-3-30-20(31)18-13-8-4-7-11-16(13)34-19(18)28-23(30)33-12-17-26-21(24)29-22(27-17)25-14-9-5-6-10-15(14)32-2/h5-6,9-10H,3-4,7-8,11-12H2,1-2H3,(H3,24,25,26,27,29). The third kappa shape index (κ3) is 4.32. The summed E-state index contributed by atoms with van der Waals surface area (Å²) in [5.41, 5.74) is 7.93. The maximum absolute atomic E-state index is 13.3. The van der Waals surface area contributed by atoms with E-state index in [-0.39, 0.29) is 11.5 Å². The van der Waals surface area contributed by atoms with Crippen molar-refractivity contribution in [3.63, 3.8) is 0 Å². The zero-order valence-corrected chi connectivity index (χ0v) is 20.6. The van der Waals surface area contributed by atoms with E-state index in [1.807, 2.05) is 31.2 Å². The second-order valence-corrected chi connectivity index (χ2v) is 9.91. The SMILES string of the molecule is CCn1c(SCc2nc(N)nc(Nc3ccccc3OC)n2)nc2sc3c(c2c1=O)CCCC3. The lowest BCUT2D eigenvalue weighted by Crippen LogP contribution is -2.23. The molecule has 0 aliphatic heterocycles. The van der Waals surface area contributed by atoms with Crippen LogP contribution in [0.25, 0.3) is 10.2 Å². The second kappa shape index (κ2) is 9.59. The number of aromatic nitrogens is 5. The van der Waals surface area contributed by atoms with Gasteiger partial charge in [0, 0.05) is 11.4 Å². The Labute approximate surface area is 204 Å². The zero-order valence-electron chi connectivity index (χ0n) is 19.0. The highest BCUT2D eigenvalue weighted by Gasteiger charge is 2.22. The second-order valence-electron chi connectivity index (χ2n) is 7.88. The summed E-state index contributed by atoms with van der Waals surface area (Å²) in [6.45, 7) is 2.52. The minimum Gasteiger partial charge on any atom is -0.495 e. The number of nitrogens with two attached hydrogens (primary N) is 1. The molecule has 1 aromatic carbocycles. The first-order valence-corrected chi connectivity index (χ1v) is 13.0. The van der Waals surface area contributed by atoms with Crippen molar-refractivity contribution in [3.8, 4) is 5.75 Å². The van der Waals surface area contributed by atoms with E-state index in [2.05, 4.69) is 20.3 Å². The van der Waals surface area contributed by atoms with E-state index < -0.39 is 0 Å². The number of rotatable bonds is 7. The van der Waals surface area contributed by atoms with Gasteiger partial charge in [-0.05, 0) is 50.3 Å². The topological polar surface area (TPSA) is 121 Å². The van der Waals surface area contributed by atoms with Crippen LogP contribution < -0.4 is 21.3 Å². The highest BCUT2D eigenvalue weighted by atomic mass is 32.2. The number of hydrogen-bond acceptors (Lipinski definition) is 10. The van der Waals surface area contributed by atoms with Crippen LogP contribution in [0.4, 0.5) is 17.6 Å². The maximum Gasteiger partial charge on any atom is 0.263 e. The Kier molecular flexibility index (Phi) is 6.38. The van der Waals surface area contributed by atoms with Gasteiger partial charge in [-0.1, -0.05) is 23.9 Å². The van der Waals surface area contributed by atoms with Gasteiger partial charge < -0.3 is 15.8 Å². The van der Waals surface area contributed by atoms with E-state index >= 15 is 0 Å². The number of methoxy groups -OCH3 is 1. The van der Waals surface area contributed by atoms with Crippen molar-refractivity contribution in [1.29, 1.82) is 0 Å². The molecule has 0 atom stereocenters. The molecule has 3 aromatic heterocycles. The molecule has 0 saturated carbocycles. The fraction of sp³-hybridized carbons (Fsp3) is 0.348. The highest BCUT2D eigenvalue weighted by Crippen LogP contribution is 2.35. The summed E-state index contributed by atoms with van der Waals surface area (Å²) in [4.78, 5) is 33.3. The lowest BCUT2D eigenvalue weighted by molar-refractivity contribution is 0.417. The Morgan fingerprint density at radius 2 is 2.00 bits per heavy atom. The van der Waals surface area contributed by atoms with Crippen LogP contribution in [-0.4, -0.2) is 31.6 Å². The van der Waals surface area contributed by atoms with Crippen molar-refractivity contribution in [3.05, 3.63) is 50.9 Å². The number of anilines is 3. The van der Waals surface area contributed by atoms with Crippen molar-refractivity contribution in [2.75, 3.05) is 18.2 Å². The lowest BCUT2D eigenvalue weighted by atomic mass is 9.97. The molecule has 176 valence electrons. The Bertz CT molecular complexity index is 1420. The first kappa shape index (κ1) is 22.6. The Morgan fingerprint density at radius 3 is 2.82 bits per heavy atom. The molecule has 0 radical (unpaired) electrons. The van der Waals surface area contributed by atoms with Gasteiger partial charge in [-0.15, -0.1) is 11.3 Å². The molecule has 3 heterocycles. The molecule has 4 aromatic rings. The summed E-state index contributed by atoms with van der Waals surface area (Å²) in [6.07, 6.45) is 4.31. The molecule has 0 bridgehead atoms. The van der Waals surface area contributed by atoms with Gasteiger partial charge in [-0.3, -0.25) is 9.36 Å². The monoisotopic (exact) mass is 495 g/mol. The zero-order chi connectivity index (χ0) is 23.7. The summed E-state index contributed by atoms with van der Waals surface area (Å²) in [6, 6.07) is 7.49. The molecule has 0 fully saturated rings. The number of thioether (sulfide) groups is 1. The normalized spacial score (nSPS) is 13.1. The third-order valence-corrected chi connectivity index (χ3v) is 7.90. The molecule has 11 heteroatoms. The quantitative estimate of drug-likeness (QED) is 0.287.